The molecule has 4 rings (SSSR count). The van der Waals surface area contributed by atoms with E-state index in [1.807, 2.05) is 36.5 Å². The van der Waals surface area contributed by atoms with E-state index < -0.39 is 12.1 Å². The molecule has 2 heterocycles. The van der Waals surface area contributed by atoms with E-state index in [4.69, 9.17) is 33.1 Å². The summed E-state index contributed by atoms with van der Waals surface area (Å²) in [4.78, 5) is 30.5. The van der Waals surface area contributed by atoms with Crippen molar-refractivity contribution >= 4 is 80.4 Å². The molecule has 0 bridgehead atoms. The smallest absolute Gasteiger partial charge is 0.475 e. The number of thioether (sulfide) groups is 1. The molecule has 0 radical (unpaired) electrons. The Morgan fingerprint density at radius 3 is 2.35 bits per heavy atom. The molecule has 1 amide bonds. The van der Waals surface area contributed by atoms with Crippen LogP contribution in [0, 0.1) is 5.41 Å². The van der Waals surface area contributed by atoms with Crippen molar-refractivity contribution in [3.8, 4) is 0 Å². The van der Waals surface area contributed by atoms with Crippen LogP contribution >= 0.6 is 35.0 Å². The number of pyridine rings is 1. The lowest BCUT2D eigenvalue weighted by molar-refractivity contribution is -0.192. The zero-order valence-electron chi connectivity index (χ0n) is 21.6. The molecule has 0 fully saturated rings. The fourth-order valence-corrected chi connectivity index (χ4v) is 4.63. The van der Waals surface area contributed by atoms with Gasteiger partial charge in [0.2, 0.25) is 0 Å². The van der Waals surface area contributed by atoms with Gasteiger partial charge in [-0.2, -0.15) is 18.2 Å². The van der Waals surface area contributed by atoms with Gasteiger partial charge in [-0.25, -0.2) is 4.79 Å². The molecule has 13 heteroatoms. The van der Waals surface area contributed by atoms with Gasteiger partial charge in [-0.05, 0) is 65.6 Å². The Morgan fingerprint density at radius 2 is 1.75 bits per heavy atom. The molecule has 7 nitrogen and oxygen atoms in total. The molecule has 1 aromatic heterocycles. The van der Waals surface area contributed by atoms with E-state index in [0.717, 1.165) is 35.1 Å². The minimum absolute atomic E-state index is 0.255. The summed E-state index contributed by atoms with van der Waals surface area (Å²) in [6, 6.07) is 13.1. The molecule has 3 aromatic rings. The van der Waals surface area contributed by atoms with Gasteiger partial charge < -0.3 is 15.7 Å². The van der Waals surface area contributed by atoms with Gasteiger partial charge in [0.1, 0.15) is 0 Å². The molecule has 0 saturated heterocycles. The first-order chi connectivity index (χ1) is 18.6. The van der Waals surface area contributed by atoms with Crippen LogP contribution < -0.4 is 10.6 Å². The lowest BCUT2D eigenvalue weighted by Crippen LogP contribution is -2.21. The number of aliphatic carboxylic acids is 1. The lowest BCUT2D eigenvalue weighted by atomic mass is 9.92. The highest BCUT2D eigenvalue weighted by molar-refractivity contribution is 8.18. The van der Waals surface area contributed by atoms with Crippen molar-refractivity contribution in [2.75, 3.05) is 17.2 Å². The number of amides is 1. The number of rotatable bonds is 5. The van der Waals surface area contributed by atoms with E-state index in [1.165, 1.54) is 11.8 Å². The number of carboxylic acid groups (broad SMARTS) is 1. The molecular formula is C27H25Cl2F3N4O3S. The van der Waals surface area contributed by atoms with Gasteiger partial charge in [0.25, 0.3) is 5.91 Å². The first-order valence-corrected chi connectivity index (χ1v) is 13.4. The Bertz CT molecular complexity index is 1470. The van der Waals surface area contributed by atoms with Crippen molar-refractivity contribution in [1.29, 1.82) is 0 Å². The van der Waals surface area contributed by atoms with Crippen molar-refractivity contribution in [3.63, 3.8) is 0 Å². The van der Waals surface area contributed by atoms with E-state index in [9.17, 15) is 18.0 Å². The van der Waals surface area contributed by atoms with Crippen molar-refractivity contribution in [3.05, 3.63) is 69.2 Å². The van der Waals surface area contributed by atoms with Crippen LogP contribution in [0.15, 0.2) is 58.6 Å². The third-order valence-electron chi connectivity index (χ3n) is 5.31. The molecule has 0 unspecified atom stereocenters. The molecule has 3 N–H and O–H groups in total. The number of aromatic nitrogens is 1. The van der Waals surface area contributed by atoms with Gasteiger partial charge >= 0.3 is 12.1 Å². The van der Waals surface area contributed by atoms with Gasteiger partial charge in [-0.15, -0.1) is 0 Å². The quantitative estimate of drug-likeness (QED) is 0.250. The third-order valence-corrected chi connectivity index (χ3v) is 6.84. The molecule has 40 heavy (non-hydrogen) atoms. The van der Waals surface area contributed by atoms with E-state index in [1.54, 1.807) is 18.2 Å². The van der Waals surface area contributed by atoms with Crippen molar-refractivity contribution in [1.82, 2.24) is 4.98 Å². The number of nitrogens with zero attached hydrogens (tertiary/aromatic N) is 2. The maximum absolute atomic E-state index is 12.5. The van der Waals surface area contributed by atoms with E-state index in [-0.39, 0.29) is 11.3 Å². The number of hydrogen-bond acceptors (Lipinski definition) is 6. The molecule has 0 aliphatic carbocycles. The second-order valence-corrected chi connectivity index (χ2v) is 11.6. The monoisotopic (exact) mass is 612 g/mol. The average molecular weight is 613 g/mol. The van der Waals surface area contributed by atoms with Crippen LogP contribution in [0.1, 0.15) is 32.8 Å². The summed E-state index contributed by atoms with van der Waals surface area (Å²) in [5, 5.41) is 16.1. The highest BCUT2D eigenvalue weighted by Crippen LogP contribution is 2.35. The van der Waals surface area contributed by atoms with E-state index in [0.29, 0.717) is 25.8 Å². The maximum atomic E-state index is 12.5. The largest absolute Gasteiger partial charge is 0.490 e. The maximum Gasteiger partial charge on any atom is 0.490 e. The number of nitrogens with one attached hydrogen (secondary N) is 2. The van der Waals surface area contributed by atoms with Gasteiger partial charge in [-0.3, -0.25) is 9.78 Å². The number of anilines is 2. The number of carboxylic acids is 1. The van der Waals surface area contributed by atoms with Crippen molar-refractivity contribution in [2.24, 2.45) is 10.4 Å². The first kappa shape index (κ1) is 31.3. The number of alkyl halides is 3. The summed E-state index contributed by atoms with van der Waals surface area (Å²) in [5.74, 6) is -3.06. The first-order valence-electron chi connectivity index (χ1n) is 11.8. The Morgan fingerprint density at radius 1 is 1.10 bits per heavy atom. The summed E-state index contributed by atoms with van der Waals surface area (Å²) in [7, 11) is 0. The zero-order valence-corrected chi connectivity index (χ0v) is 23.9. The molecule has 0 atom stereocenters. The SMILES string of the molecule is CC(C)(C)CCNc1ccnc2ccc(C=C3SC(Nc4c(Cl)cccc4Cl)=NC3=O)cc12.O=C(O)C(F)(F)F. The molecule has 212 valence electrons. The highest BCUT2D eigenvalue weighted by atomic mass is 35.5. The van der Waals surface area contributed by atoms with Crippen molar-refractivity contribution in [2.45, 2.75) is 33.4 Å². The van der Waals surface area contributed by atoms with Gasteiger partial charge in [0.05, 0.1) is 26.2 Å². The van der Waals surface area contributed by atoms with Crippen LogP contribution in [0.3, 0.4) is 0 Å². The second kappa shape index (κ2) is 12.9. The number of fused-ring (bicyclic) bond motifs is 1. The lowest BCUT2D eigenvalue weighted by Gasteiger charge is -2.19. The molecule has 0 spiro atoms. The Hall–Kier alpha value is -3.28. The fourth-order valence-electron chi connectivity index (χ4n) is 3.32. The molecule has 1 aliphatic heterocycles. The Kier molecular flexibility index (Phi) is 10.1. The summed E-state index contributed by atoms with van der Waals surface area (Å²) < 4.78 is 31.7. The fraction of sp³-hybridized carbons (Fsp3) is 0.259. The minimum atomic E-state index is -5.08. The number of benzene rings is 2. The average Bonchev–Trinajstić information content (AvgIpc) is 3.19. The number of amidine groups is 1. The normalized spacial score (nSPS) is 14.6. The van der Waals surface area contributed by atoms with Crippen molar-refractivity contribution < 1.29 is 27.9 Å². The van der Waals surface area contributed by atoms with Crippen LogP contribution in [-0.2, 0) is 9.59 Å². The standard InChI is InChI=1S/C25H24Cl2N4OS.C2HF3O2/c1-25(2,3)10-12-29-20-9-11-28-19-8-7-15(13-16(19)20)14-21-23(32)31-24(33-21)30-22-17(26)5-4-6-18(22)27;3-2(4,5)1(6)7/h4-9,11,13-14H,10,12H2,1-3H3,(H,28,29)(H,30,31,32);(H,6,7). The molecule has 0 saturated carbocycles. The summed E-state index contributed by atoms with van der Waals surface area (Å²) in [6.07, 6.45) is -0.388. The summed E-state index contributed by atoms with van der Waals surface area (Å²) in [6.45, 7) is 7.55. The Labute approximate surface area is 242 Å². The summed E-state index contributed by atoms with van der Waals surface area (Å²) in [5.41, 5.74) is 3.62. The van der Waals surface area contributed by atoms with Crippen LogP contribution in [-0.4, -0.2) is 39.9 Å². The number of para-hydroxylation sites is 1. The predicted molar refractivity (Wildman–Crippen MR) is 156 cm³/mol. The van der Waals surface area contributed by atoms with Gasteiger partial charge in [0.15, 0.2) is 5.17 Å². The number of carbonyl (C=O) groups is 2. The number of hydrogen-bond donors (Lipinski definition) is 3. The van der Waals surface area contributed by atoms with Crippen LogP contribution in [0.5, 0.6) is 0 Å². The summed E-state index contributed by atoms with van der Waals surface area (Å²) >= 11 is 13.7. The number of carbonyl (C=O) groups excluding carboxylic acids is 1. The van der Waals surface area contributed by atoms with Gasteiger partial charge in [0, 0.05) is 23.8 Å². The van der Waals surface area contributed by atoms with Gasteiger partial charge in [-0.1, -0.05) is 56.1 Å². The molecule has 1 aliphatic rings. The topological polar surface area (TPSA) is 104 Å². The minimum Gasteiger partial charge on any atom is -0.475 e. The third kappa shape index (κ3) is 8.87. The number of aliphatic imine (C=N–C) groups is 1. The zero-order chi connectivity index (χ0) is 29.7. The highest BCUT2D eigenvalue weighted by Gasteiger charge is 2.38. The Balaban J connectivity index is 0.000000559. The van der Waals surface area contributed by atoms with Crippen LogP contribution in [0.2, 0.25) is 10.0 Å². The van der Waals surface area contributed by atoms with Crippen LogP contribution in [0.4, 0.5) is 24.5 Å². The number of halogens is 5. The van der Waals surface area contributed by atoms with Crippen LogP contribution in [0.25, 0.3) is 17.0 Å². The second-order valence-electron chi connectivity index (χ2n) is 9.73. The van der Waals surface area contributed by atoms with E-state index in [2.05, 4.69) is 41.4 Å². The predicted octanol–water partition coefficient (Wildman–Crippen LogP) is 8.11. The molecule has 2 aromatic carbocycles. The molecular weight excluding hydrogens is 588 g/mol. The van der Waals surface area contributed by atoms with E-state index >= 15 is 0 Å².